The molecule has 1 saturated heterocycles. The molecule has 0 spiro atoms. The second-order valence-corrected chi connectivity index (χ2v) is 4.80. The van der Waals surface area contributed by atoms with E-state index in [4.69, 9.17) is 5.73 Å². The SMILES string of the molecule is CC[C@H](N)C(=O)N1CCN(c2ccc(F)cc2)CC1. The van der Waals surface area contributed by atoms with Gasteiger partial charge in [0.05, 0.1) is 6.04 Å². The van der Waals surface area contributed by atoms with E-state index >= 15 is 0 Å². The van der Waals surface area contributed by atoms with Crippen LogP contribution in [0.3, 0.4) is 0 Å². The van der Waals surface area contributed by atoms with Gasteiger partial charge in [-0.1, -0.05) is 6.92 Å². The molecule has 1 aliphatic rings. The lowest BCUT2D eigenvalue weighted by Crippen LogP contribution is -2.53. The van der Waals surface area contributed by atoms with Crippen molar-refractivity contribution in [3.63, 3.8) is 0 Å². The number of rotatable bonds is 3. The van der Waals surface area contributed by atoms with Crippen LogP contribution in [0.15, 0.2) is 24.3 Å². The first-order valence-corrected chi connectivity index (χ1v) is 6.66. The molecule has 1 aromatic rings. The summed E-state index contributed by atoms with van der Waals surface area (Å²) >= 11 is 0. The number of anilines is 1. The Hall–Kier alpha value is -1.62. The maximum absolute atomic E-state index is 12.9. The minimum Gasteiger partial charge on any atom is -0.368 e. The molecule has 4 nitrogen and oxygen atoms in total. The summed E-state index contributed by atoms with van der Waals surface area (Å²) in [7, 11) is 0. The number of halogens is 1. The number of nitrogens with zero attached hydrogens (tertiary/aromatic N) is 2. The number of piperazine rings is 1. The molecule has 1 amide bonds. The maximum atomic E-state index is 12.9. The van der Waals surface area contributed by atoms with Gasteiger partial charge in [-0.2, -0.15) is 0 Å². The maximum Gasteiger partial charge on any atom is 0.239 e. The fourth-order valence-electron chi connectivity index (χ4n) is 2.25. The van der Waals surface area contributed by atoms with Crippen molar-refractivity contribution in [3.05, 3.63) is 30.1 Å². The van der Waals surface area contributed by atoms with Crippen molar-refractivity contribution in [1.29, 1.82) is 0 Å². The average Bonchev–Trinajstić information content (AvgIpc) is 2.46. The van der Waals surface area contributed by atoms with Crippen LogP contribution < -0.4 is 10.6 Å². The third-order valence-electron chi connectivity index (χ3n) is 3.54. The standard InChI is InChI=1S/C14H20FN3O/c1-2-13(16)14(19)18-9-7-17(8-10-18)12-5-3-11(15)4-6-12/h3-6,13H,2,7-10,16H2,1H3/t13-/m0/s1. The predicted molar refractivity (Wildman–Crippen MR) is 73.5 cm³/mol. The summed E-state index contributed by atoms with van der Waals surface area (Å²) in [6, 6.07) is 6.06. The summed E-state index contributed by atoms with van der Waals surface area (Å²) in [4.78, 5) is 15.9. The first kappa shape index (κ1) is 13.8. The third-order valence-corrected chi connectivity index (χ3v) is 3.54. The van der Waals surface area contributed by atoms with E-state index in [1.807, 2.05) is 11.8 Å². The summed E-state index contributed by atoms with van der Waals surface area (Å²) in [6.45, 7) is 4.77. The predicted octanol–water partition coefficient (Wildman–Crippen LogP) is 1.21. The molecule has 0 aliphatic carbocycles. The quantitative estimate of drug-likeness (QED) is 0.893. The van der Waals surface area contributed by atoms with Gasteiger partial charge in [-0.15, -0.1) is 0 Å². The Labute approximate surface area is 113 Å². The van der Waals surface area contributed by atoms with E-state index in [-0.39, 0.29) is 11.7 Å². The molecule has 2 N–H and O–H groups in total. The highest BCUT2D eigenvalue weighted by Gasteiger charge is 2.24. The molecule has 2 rings (SSSR count). The highest BCUT2D eigenvalue weighted by molar-refractivity contribution is 5.81. The Balaban J connectivity index is 1.92. The van der Waals surface area contributed by atoms with E-state index in [1.54, 1.807) is 12.1 Å². The number of hydrogen-bond donors (Lipinski definition) is 1. The smallest absolute Gasteiger partial charge is 0.239 e. The van der Waals surface area contributed by atoms with Crippen molar-refractivity contribution < 1.29 is 9.18 Å². The van der Waals surface area contributed by atoms with Crippen LogP contribution in [-0.4, -0.2) is 43.0 Å². The molecule has 1 heterocycles. The Kier molecular flexibility index (Phi) is 4.37. The van der Waals surface area contributed by atoms with Gasteiger partial charge in [-0.05, 0) is 30.7 Å². The Morgan fingerprint density at radius 2 is 1.84 bits per heavy atom. The molecular formula is C14H20FN3O. The van der Waals surface area contributed by atoms with E-state index in [0.717, 1.165) is 18.8 Å². The monoisotopic (exact) mass is 265 g/mol. The Morgan fingerprint density at radius 1 is 1.26 bits per heavy atom. The summed E-state index contributed by atoms with van der Waals surface area (Å²) in [6.07, 6.45) is 0.664. The second kappa shape index (κ2) is 6.02. The summed E-state index contributed by atoms with van der Waals surface area (Å²) in [5.74, 6) is -0.201. The third kappa shape index (κ3) is 3.23. The van der Waals surface area contributed by atoms with Crippen LogP contribution in [0.25, 0.3) is 0 Å². The van der Waals surface area contributed by atoms with Crippen LogP contribution in [0, 0.1) is 5.82 Å². The molecule has 1 aromatic carbocycles. The zero-order chi connectivity index (χ0) is 13.8. The fraction of sp³-hybridized carbons (Fsp3) is 0.500. The van der Waals surface area contributed by atoms with Gasteiger partial charge >= 0.3 is 0 Å². The fourth-order valence-corrected chi connectivity index (χ4v) is 2.25. The number of nitrogens with two attached hydrogens (primary N) is 1. The number of carbonyl (C=O) groups is 1. The van der Waals surface area contributed by atoms with Gasteiger partial charge < -0.3 is 15.5 Å². The van der Waals surface area contributed by atoms with Gasteiger partial charge in [0.15, 0.2) is 0 Å². The molecule has 1 fully saturated rings. The van der Waals surface area contributed by atoms with Crippen LogP contribution in [0.1, 0.15) is 13.3 Å². The first-order chi connectivity index (χ1) is 9.11. The average molecular weight is 265 g/mol. The van der Waals surface area contributed by atoms with Gasteiger partial charge in [0.25, 0.3) is 0 Å². The van der Waals surface area contributed by atoms with Crippen molar-refractivity contribution in [2.45, 2.75) is 19.4 Å². The molecule has 0 unspecified atom stereocenters. The molecular weight excluding hydrogens is 245 g/mol. The molecule has 19 heavy (non-hydrogen) atoms. The number of amides is 1. The molecule has 1 aliphatic heterocycles. The van der Waals surface area contributed by atoms with Crippen molar-refractivity contribution in [1.82, 2.24) is 4.90 Å². The normalized spacial score (nSPS) is 17.4. The van der Waals surface area contributed by atoms with Crippen molar-refractivity contribution in [2.24, 2.45) is 5.73 Å². The lowest BCUT2D eigenvalue weighted by atomic mass is 10.2. The number of carbonyl (C=O) groups excluding carboxylic acids is 1. The minimum atomic E-state index is -0.391. The van der Waals surface area contributed by atoms with E-state index in [1.165, 1.54) is 12.1 Å². The van der Waals surface area contributed by atoms with Crippen LogP contribution in [-0.2, 0) is 4.79 Å². The zero-order valence-corrected chi connectivity index (χ0v) is 11.2. The highest BCUT2D eigenvalue weighted by Crippen LogP contribution is 2.17. The second-order valence-electron chi connectivity index (χ2n) is 4.80. The van der Waals surface area contributed by atoms with Gasteiger partial charge in [-0.25, -0.2) is 4.39 Å². The van der Waals surface area contributed by atoms with Gasteiger partial charge in [0.2, 0.25) is 5.91 Å². The summed E-state index contributed by atoms with van der Waals surface area (Å²) in [5.41, 5.74) is 6.76. The van der Waals surface area contributed by atoms with Crippen molar-refractivity contribution in [2.75, 3.05) is 31.1 Å². The highest BCUT2D eigenvalue weighted by atomic mass is 19.1. The zero-order valence-electron chi connectivity index (χ0n) is 11.2. The lowest BCUT2D eigenvalue weighted by Gasteiger charge is -2.37. The summed E-state index contributed by atoms with van der Waals surface area (Å²) in [5, 5.41) is 0. The van der Waals surface area contributed by atoms with Gasteiger partial charge in [-0.3, -0.25) is 4.79 Å². The Bertz CT molecular complexity index is 427. The van der Waals surface area contributed by atoms with Crippen LogP contribution in [0.5, 0.6) is 0 Å². The molecule has 1 atom stereocenters. The largest absolute Gasteiger partial charge is 0.368 e. The molecule has 5 heteroatoms. The molecule has 0 radical (unpaired) electrons. The minimum absolute atomic E-state index is 0.0289. The number of benzene rings is 1. The van der Waals surface area contributed by atoms with E-state index in [2.05, 4.69) is 4.90 Å². The van der Waals surface area contributed by atoms with E-state index in [9.17, 15) is 9.18 Å². The molecule has 104 valence electrons. The Morgan fingerprint density at radius 3 is 2.37 bits per heavy atom. The molecule has 0 aromatic heterocycles. The lowest BCUT2D eigenvalue weighted by molar-refractivity contribution is -0.132. The van der Waals surface area contributed by atoms with Crippen LogP contribution >= 0.6 is 0 Å². The van der Waals surface area contributed by atoms with Crippen molar-refractivity contribution >= 4 is 11.6 Å². The number of hydrogen-bond acceptors (Lipinski definition) is 3. The van der Waals surface area contributed by atoms with E-state index < -0.39 is 6.04 Å². The van der Waals surface area contributed by atoms with E-state index in [0.29, 0.717) is 19.5 Å². The molecule has 0 saturated carbocycles. The topological polar surface area (TPSA) is 49.6 Å². The first-order valence-electron chi connectivity index (χ1n) is 6.66. The van der Waals surface area contributed by atoms with Crippen LogP contribution in [0.2, 0.25) is 0 Å². The van der Waals surface area contributed by atoms with Crippen LogP contribution in [0.4, 0.5) is 10.1 Å². The van der Waals surface area contributed by atoms with Gasteiger partial charge in [0.1, 0.15) is 5.82 Å². The van der Waals surface area contributed by atoms with Gasteiger partial charge in [0, 0.05) is 31.9 Å². The molecule has 0 bridgehead atoms. The summed E-state index contributed by atoms with van der Waals surface area (Å²) < 4.78 is 12.9. The van der Waals surface area contributed by atoms with Crippen molar-refractivity contribution in [3.8, 4) is 0 Å².